The van der Waals surface area contributed by atoms with Crippen molar-refractivity contribution >= 4 is 23.3 Å². The van der Waals surface area contributed by atoms with Gasteiger partial charge in [0.2, 0.25) is 0 Å². The van der Waals surface area contributed by atoms with Gasteiger partial charge in [-0.05, 0) is 30.7 Å². The maximum Gasteiger partial charge on any atom is 0.254 e. The second-order valence-electron chi connectivity index (χ2n) is 6.80. The van der Waals surface area contributed by atoms with Gasteiger partial charge in [-0.2, -0.15) is 10.4 Å². The number of amides is 2. The molecule has 1 fully saturated rings. The molecule has 2 amide bonds. The molecule has 0 radical (unpaired) electrons. The number of carbonyl (C=O) groups excluding carboxylic acids is 2. The number of nitrogens with zero attached hydrogens (tertiary/aromatic N) is 4. The van der Waals surface area contributed by atoms with E-state index in [1.165, 1.54) is 11.1 Å². The normalized spacial score (nSPS) is 18.9. The molecule has 0 saturated carbocycles. The van der Waals surface area contributed by atoms with Crippen LogP contribution >= 0.6 is 0 Å². The number of benzene rings is 1. The van der Waals surface area contributed by atoms with Gasteiger partial charge in [-0.15, -0.1) is 0 Å². The first-order valence-electron chi connectivity index (χ1n) is 8.85. The van der Waals surface area contributed by atoms with Crippen LogP contribution in [0.4, 0.5) is 11.5 Å². The standard InChI is InChI=1S/C19H22N6O3/c1-24(2)19(27)12-3-5-14(6-4-12)22-18-15(17(21)26)10-25(23-18)16-11-28-8-7-13(16)9-20/h3-6,10,13,16H,7-8,11H2,1-2H3,(H2,21,26)(H,22,23). The summed E-state index contributed by atoms with van der Waals surface area (Å²) in [5, 5.41) is 16.9. The SMILES string of the molecule is CN(C)C(=O)c1ccc(Nc2nn(C3COCCC3C#N)cc2C(N)=O)cc1. The Morgan fingerprint density at radius 2 is 2.07 bits per heavy atom. The number of ether oxygens (including phenoxy) is 1. The number of nitrogens with two attached hydrogens (primary N) is 1. The maximum absolute atomic E-state index is 12.0. The van der Waals surface area contributed by atoms with Crippen molar-refractivity contribution in [3.05, 3.63) is 41.6 Å². The summed E-state index contributed by atoms with van der Waals surface area (Å²) in [6.45, 7) is 0.876. The van der Waals surface area contributed by atoms with Gasteiger partial charge in [0.05, 0.1) is 24.6 Å². The van der Waals surface area contributed by atoms with Crippen LogP contribution in [0.5, 0.6) is 0 Å². The van der Waals surface area contributed by atoms with Crippen molar-refractivity contribution in [1.29, 1.82) is 5.26 Å². The molecular formula is C19H22N6O3. The van der Waals surface area contributed by atoms with E-state index in [0.717, 1.165) is 0 Å². The third kappa shape index (κ3) is 3.97. The summed E-state index contributed by atoms with van der Waals surface area (Å²) in [5.74, 6) is -0.688. The van der Waals surface area contributed by atoms with Crippen LogP contribution in [0, 0.1) is 17.2 Å². The highest BCUT2D eigenvalue weighted by Crippen LogP contribution is 2.28. The average molecular weight is 382 g/mol. The lowest BCUT2D eigenvalue weighted by Gasteiger charge is -2.26. The summed E-state index contributed by atoms with van der Waals surface area (Å²) < 4.78 is 7.04. The van der Waals surface area contributed by atoms with E-state index in [2.05, 4.69) is 16.5 Å². The third-order valence-corrected chi connectivity index (χ3v) is 4.63. The van der Waals surface area contributed by atoms with Crippen LogP contribution in [0.15, 0.2) is 30.5 Å². The number of nitrogens with one attached hydrogen (secondary N) is 1. The monoisotopic (exact) mass is 382 g/mol. The first-order valence-corrected chi connectivity index (χ1v) is 8.85. The molecule has 3 N–H and O–H groups in total. The van der Waals surface area contributed by atoms with Crippen LogP contribution in [-0.2, 0) is 4.74 Å². The van der Waals surface area contributed by atoms with E-state index in [9.17, 15) is 14.9 Å². The Kier molecular flexibility index (Phi) is 5.61. The van der Waals surface area contributed by atoms with Crippen molar-refractivity contribution in [3.63, 3.8) is 0 Å². The fraction of sp³-hybridized carbons (Fsp3) is 0.368. The molecule has 2 atom stereocenters. The van der Waals surface area contributed by atoms with Crippen LogP contribution in [0.25, 0.3) is 0 Å². The fourth-order valence-corrected chi connectivity index (χ4v) is 3.06. The molecule has 28 heavy (non-hydrogen) atoms. The minimum atomic E-state index is -0.626. The highest BCUT2D eigenvalue weighted by molar-refractivity contribution is 5.98. The van der Waals surface area contributed by atoms with Gasteiger partial charge in [0.25, 0.3) is 11.8 Å². The molecule has 2 aromatic rings. The summed E-state index contributed by atoms with van der Waals surface area (Å²) in [6.07, 6.45) is 2.15. The highest BCUT2D eigenvalue weighted by Gasteiger charge is 2.29. The van der Waals surface area contributed by atoms with Crippen LogP contribution in [-0.4, -0.2) is 53.8 Å². The molecule has 9 heteroatoms. The minimum absolute atomic E-state index is 0.103. The molecule has 2 unspecified atom stereocenters. The van der Waals surface area contributed by atoms with Crippen LogP contribution in [0.3, 0.4) is 0 Å². The lowest BCUT2D eigenvalue weighted by atomic mass is 9.97. The van der Waals surface area contributed by atoms with Gasteiger partial charge in [-0.1, -0.05) is 0 Å². The second-order valence-corrected chi connectivity index (χ2v) is 6.80. The Hall–Kier alpha value is -3.38. The molecule has 3 rings (SSSR count). The minimum Gasteiger partial charge on any atom is -0.379 e. The van der Waals surface area contributed by atoms with E-state index in [0.29, 0.717) is 36.7 Å². The van der Waals surface area contributed by atoms with E-state index < -0.39 is 5.91 Å². The van der Waals surface area contributed by atoms with Crippen molar-refractivity contribution in [2.45, 2.75) is 12.5 Å². The van der Waals surface area contributed by atoms with Crippen molar-refractivity contribution in [3.8, 4) is 6.07 Å². The number of aromatic nitrogens is 2. The second kappa shape index (κ2) is 8.10. The predicted molar refractivity (Wildman–Crippen MR) is 102 cm³/mol. The number of hydrogen-bond donors (Lipinski definition) is 2. The number of nitriles is 1. The number of hydrogen-bond acceptors (Lipinski definition) is 6. The average Bonchev–Trinajstić information content (AvgIpc) is 3.11. The van der Waals surface area contributed by atoms with Gasteiger partial charge in [0.1, 0.15) is 5.56 Å². The smallest absolute Gasteiger partial charge is 0.254 e. The van der Waals surface area contributed by atoms with Crippen molar-refractivity contribution in [1.82, 2.24) is 14.7 Å². The van der Waals surface area contributed by atoms with Crippen LogP contribution in [0.2, 0.25) is 0 Å². The number of anilines is 2. The molecule has 2 heterocycles. The fourth-order valence-electron chi connectivity index (χ4n) is 3.06. The third-order valence-electron chi connectivity index (χ3n) is 4.63. The first-order chi connectivity index (χ1) is 13.4. The summed E-state index contributed by atoms with van der Waals surface area (Å²) in [6, 6.07) is 8.81. The van der Waals surface area contributed by atoms with E-state index >= 15 is 0 Å². The Morgan fingerprint density at radius 3 is 2.68 bits per heavy atom. The van der Waals surface area contributed by atoms with E-state index in [1.807, 2.05) is 0 Å². The Labute approximate surface area is 162 Å². The molecule has 146 valence electrons. The van der Waals surface area contributed by atoms with E-state index in [4.69, 9.17) is 10.5 Å². The van der Waals surface area contributed by atoms with Crippen LogP contribution in [0.1, 0.15) is 33.2 Å². The molecule has 1 aromatic carbocycles. The van der Waals surface area contributed by atoms with Gasteiger partial charge in [-0.3, -0.25) is 14.3 Å². The van der Waals surface area contributed by atoms with Gasteiger partial charge in [-0.25, -0.2) is 0 Å². The molecule has 1 aliphatic heterocycles. The summed E-state index contributed by atoms with van der Waals surface area (Å²) in [4.78, 5) is 25.3. The number of rotatable bonds is 5. The summed E-state index contributed by atoms with van der Waals surface area (Å²) >= 11 is 0. The number of primary amides is 1. The zero-order valence-electron chi connectivity index (χ0n) is 15.8. The Bertz CT molecular complexity index is 913. The highest BCUT2D eigenvalue weighted by atomic mass is 16.5. The van der Waals surface area contributed by atoms with Gasteiger partial charge in [0.15, 0.2) is 5.82 Å². The largest absolute Gasteiger partial charge is 0.379 e. The maximum atomic E-state index is 12.0. The molecule has 9 nitrogen and oxygen atoms in total. The van der Waals surface area contributed by atoms with Gasteiger partial charge in [0, 0.05) is 38.1 Å². The van der Waals surface area contributed by atoms with Crippen LogP contribution < -0.4 is 11.1 Å². The van der Waals surface area contributed by atoms with Gasteiger partial charge < -0.3 is 20.7 Å². The molecule has 0 bridgehead atoms. The van der Waals surface area contributed by atoms with Crippen molar-refractivity contribution in [2.24, 2.45) is 11.7 Å². The van der Waals surface area contributed by atoms with Gasteiger partial charge >= 0.3 is 0 Å². The lowest BCUT2D eigenvalue weighted by molar-refractivity contribution is 0.0342. The van der Waals surface area contributed by atoms with Crippen molar-refractivity contribution < 1.29 is 14.3 Å². The molecular weight excluding hydrogens is 360 g/mol. The van der Waals surface area contributed by atoms with E-state index in [-0.39, 0.29) is 23.4 Å². The molecule has 0 spiro atoms. The Morgan fingerprint density at radius 1 is 1.36 bits per heavy atom. The molecule has 1 aromatic heterocycles. The summed E-state index contributed by atoms with van der Waals surface area (Å²) in [7, 11) is 3.37. The Balaban J connectivity index is 1.85. The summed E-state index contributed by atoms with van der Waals surface area (Å²) in [5.41, 5.74) is 6.92. The predicted octanol–water partition coefficient (Wildman–Crippen LogP) is 1.53. The first kappa shape index (κ1) is 19.4. The quantitative estimate of drug-likeness (QED) is 0.807. The molecule has 0 aliphatic carbocycles. The molecule has 1 saturated heterocycles. The lowest BCUT2D eigenvalue weighted by Crippen LogP contribution is -2.29. The molecule has 1 aliphatic rings. The van der Waals surface area contributed by atoms with Crippen molar-refractivity contribution in [2.75, 3.05) is 32.6 Å². The zero-order chi connectivity index (χ0) is 20.3. The number of carbonyl (C=O) groups is 2. The zero-order valence-corrected chi connectivity index (χ0v) is 15.8. The topological polar surface area (TPSA) is 126 Å². The van der Waals surface area contributed by atoms with E-state index in [1.54, 1.807) is 43.0 Å².